The Morgan fingerprint density at radius 1 is 1.06 bits per heavy atom. The van der Waals surface area contributed by atoms with Crippen molar-refractivity contribution in [2.45, 2.75) is 11.8 Å². The third kappa shape index (κ3) is 2.57. The molecule has 0 aliphatic heterocycles. The third-order valence-electron chi connectivity index (χ3n) is 2.33. The Morgan fingerprint density at radius 2 is 1.69 bits per heavy atom. The minimum absolute atomic E-state index is 0. The fourth-order valence-corrected chi connectivity index (χ4v) is 2.60. The van der Waals surface area contributed by atoms with Crippen LogP contribution in [0.1, 0.15) is 5.56 Å². The van der Waals surface area contributed by atoms with Crippen LogP contribution in [0.15, 0.2) is 41.3 Å². The van der Waals surface area contributed by atoms with Crippen molar-refractivity contribution in [3.8, 4) is 0 Å². The number of rotatable bonds is 1. The molecule has 0 bridgehead atoms. The number of benzene rings is 2. The SMILES string of the molecule is Cc1ccc2ccccc2c1S(=O)(=O)[O-].[Ca+2]. The van der Waals surface area contributed by atoms with Crippen LogP contribution in [0, 0.1) is 6.92 Å². The maximum absolute atomic E-state index is 11.1. The number of hydrogen-bond donors (Lipinski definition) is 0. The van der Waals surface area contributed by atoms with Crippen molar-refractivity contribution < 1.29 is 13.0 Å². The van der Waals surface area contributed by atoms with Gasteiger partial charge >= 0.3 is 37.7 Å². The molecule has 5 heteroatoms. The Balaban J connectivity index is 0.00000128. The molecule has 0 saturated carbocycles. The van der Waals surface area contributed by atoms with E-state index in [0.29, 0.717) is 10.9 Å². The van der Waals surface area contributed by atoms with Gasteiger partial charge in [0.05, 0.1) is 4.90 Å². The zero-order valence-electron chi connectivity index (χ0n) is 8.80. The van der Waals surface area contributed by atoms with Crippen molar-refractivity contribution in [2.24, 2.45) is 0 Å². The smallest absolute Gasteiger partial charge is 0.744 e. The van der Waals surface area contributed by atoms with E-state index in [4.69, 9.17) is 0 Å². The Kier molecular flexibility index (Phi) is 4.37. The Labute approximate surface area is 124 Å². The van der Waals surface area contributed by atoms with Gasteiger partial charge < -0.3 is 4.55 Å². The predicted molar refractivity (Wildman–Crippen MR) is 62.4 cm³/mol. The minimum Gasteiger partial charge on any atom is -0.744 e. The van der Waals surface area contributed by atoms with E-state index in [-0.39, 0.29) is 42.6 Å². The second-order valence-corrected chi connectivity index (χ2v) is 4.70. The molecule has 0 heterocycles. The summed E-state index contributed by atoms with van der Waals surface area (Å²) in [6.07, 6.45) is 0. The van der Waals surface area contributed by atoms with Gasteiger partial charge in [-0.1, -0.05) is 36.4 Å². The predicted octanol–water partition coefficient (Wildman–Crippen LogP) is 1.67. The first-order valence-electron chi connectivity index (χ1n) is 4.44. The van der Waals surface area contributed by atoms with Gasteiger partial charge in [0.2, 0.25) is 0 Å². The molecule has 0 spiro atoms. The molecule has 78 valence electrons. The second-order valence-electron chi connectivity index (χ2n) is 3.39. The van der Waals surface area contributed by atoms with Gasteiger partial charge in [0, 0.05) is 0 Å². The van der Waals surface area contributed by atoms with Gasteiger partial charge in [-0.05, 0) is 23.3 Å². The summed E-state index contributed by atoms with van der Waals surface area (Å²) in [5.41, 5.74) is 0.490. The molecule has 3 nitrogen and oxygen atoms in total. The quantitative estimate of drug-likeness (QED) is 0.579. The molecule has 0 unspecified atom stereocenters. The van der Waals surface area contributed by atoms with Crippen LogP contribution in [0.2, 0.25) is 0 Å². The zero-order valence-corrected chi connectivity index (χ0v) is 11.8. The van der Waals surface area contributed by atoms with E-state index in [1.807, 2.05) is 0 Å². The van der Waals surface area contributed by atoms with Gasteiger partial charge in [0.25, 0.3) is 0 Å². The molecule has 0 atom stereocenters. The van der Waals surface area contributed by atoms with Crippen molar-refractivity contribution in [1.82, 2.24) is 0 Å². The molecule has 16 heavy (non-hydrogen) atoms. The molecule has 2 rings (SSSR count). The molecule has 2 aromatic carbocycles. The summed E-state index contributed by atoms with van der Waals surface area (Å²) in [4.78, 5) is -0.111. The van der Waals surface area contributed by atoms with Crippen molar-refractivity contribution in [2.75, 3.05) is 0 Å². The summed E-state index contributed by atoms with van der Waals surface area (Å²) >= 11 is 0. The molecule has 0 N–H and O–H groups in total. The van der Waals surface area contributed by atoms with Gasteiger partial charge in [0.1, 0.15) is 10.1 Å². The van der Waals surface area contributed by atoms with Gasteiger partial charge in [-0.3, -0.25) is 0 Å². The van der Waals surface area contributed by atoms with Gasteiger partial charge in [-0.2, -0.15) is 0 Å². The average molecular weight is 261 g/mol. The molecular formula is C11H9CaO3S+. The Morgan fingerprint density at radius 3 is 2.31 bits per heavy atom. The van der Waals surface area contributed by atoms with Gasteiger partial charge in [-0.25, -0.2) is 8.42 Å². The van der Waals surface area contributed by atoms with Crippen LogP contribution < -0.4 is 0 Å². The summed E-state index contributed by atoms with van der Waals surface area (Å²) in [5, 5.41) is 1.25. The van der Waals surface area contributed by atoms with E-state index in [0.717, 1.165) is 5.39 Å². The molecule has 0 fully saturated rings. The molecule has 0 aliphatic carbocycles. The number of aryl methyl sites for hydroxylation is 1. The van der Waals surface area contributed by atoms with Crippen molar-refractivity contribution in [1.29, 1.82) is 0 Å². The summed E-state index contributed by atoms with van der Waals surface area (Å²) in [7, 11) is -4.41. The summed E-state index contributed by atoms with van der Waals surface area (Å²) < 4.78 is 33.3. The Bertz CT molecular complexity index is 620. The van der Waals surface area contributed by atoms with Crippen LogP contribution in [0.4, 0.5) is 0 Å². The fraction of sp³-hybridized carbons (Fsp3) is 0.0909. The topological polar surface area (TPSA) is 57.2 Å². The van der Waals surface area contributed by atoms with E-state index in [2.05, 4.69) is 0 Å². The summed E-state index contributed by atoms with van der Waals surface area (Å²) in [6, 6.07) is 10.4. The summed E-state index contributed by atoms with van der Waals surface area (Å²) in [5.74, 6) is 0. The van der Waals surface area contributed by atoms with Crippen LogP contribution in [0.25, 0.3) is 10.8 Å². The molecule has 0 aliphatic rings. The first-order chi connectivity index (χ1) is 7.00. The van der Waals surface area contributed by atoms with E-state index in [1.165, 1.54) is 0 Å². The van der Waals surface area contributed by atoms with Crippen LogP contribution in [0.5, 0.6) is 0 Å². The van der Waals surface area contributed by atoms with E-state index in [9.17, 15) is 13.0 Å². The Hall–Kier alpha value is -0.130. The van der Waals surface area contributed by atoms with Gasteiger partial charge in [-0.15, -0.1) is 0 Å². The normalized spacial score (nSPS) is 11.1. The zero-order chi connectivity index (χ0) is 11.1. The van der Waals surface area contributed by atoms with Crippen LogP contribution >= 0.6 is 0 Å². The monoisotopic (exact) mass is 261 g/mol. The van der Waals surface area contributed by atoms with Crippen LogP contribution in [0.3, 0.4) is 0 Å². The fourth-order valence-electron chi connectivity index (χ4n) is 1.68. The van der Waals surface area contributed by atoms with Gasteiger partial charge in [0.15, 0.2) is 0 Å². The van der Waals surface area contributed by atoms with Crippen molar-refractivity contribution in [3.05, 3.63) is 42.0 Å². The first-order valence-corrected chi connectivity index (χ1v) is 5.85. The maximum atomic E-state index is 11.1. The van der Waals surface area contributed by atoms with Crippen LogP contribution in [-0.4, -0.2) is 50.7 Å². The van der Waals surface area contributed by atoms with E-state index >= 15 is 0 Å². The molecule has 0 radical (unpaired) electrons. The molecular weight excluding hydrogens is 252 g/mol. The maximum Gasteiger partial charge on any atom is 2.00 e. The van der Waals surface area contributed by atoms with Crippen LogP contribution in [-0.2, 0) is 10.1 Å². The molecule has 2 aromatic rings. The molecule has 0 saturated heterocycles. The second kappa shape index (κ2) is 5.02. The summed E-state index contributed by atoms with van der Waals surface area (Å²) in [6.45, 7) is 1.62. The largest absolute Gasteiger partial charge is 2.00 e. The molecule has 0 amide bonds. The van der Waals surface area contributed by atoms with E-state index in [1.54, 1.807) is 43.3 Å². The van der Waals surface area contributed by atoms with Crippen molar-refractivity contribution in [3.63, 3.8) is 0 Å². The molecule has 0 aromatic heterocycles. The standard InChI is InChI=1S/C11H10O3S.Ca/c1-8-6-7-9-4-2-3-5-10(9)11(8)15(12,13)14;/h2-7H,1H3,(H,12,13,14);/q;+2/p-1. The van der Waals surface area contributed by atoms with E-state index < -0.39 is 10.1 Å². The van der Waals surface area contributed by atoms with Crippen molar-refractivity contribution >= 4 is 58.6 Å². The average Bonchev–Trinajstić information content (AvgIpc) is 2.15. The number of fused-ring (bicyclic) bond motifs is 1. The third-order valence-corrected chi connectivity index (χ3v) is 3.37. The number of hydrogen-bond acceptors (Lipinski definition) is 3. The minimum atomic E-state index is -4.41. The first kappa shape index (κ1) is 13.9.